The SMILES string of the molecule is CN(CCO)C(=O)c1cc(-c2ccco2)n(-c2cccc(Cl)c2)n1. The minimum Gasteiger partial charge on any atom is -0.463 e. The third kappa shape index (κ3) is 3.20. The Bertz CT molecular complexity index is 843. The Morgan fingerprint density at radius 2 is 2.17 bits per heavy atom. The van der Waals surface area contributed by atoms with Crippen LogP contribution in [0.25, 0.3) is 17.1 Å². The van der Waals surface area contributed by atoms with Gasteiger partial charge in [-0.05, 0) is 30.3 Å². The number of hydrogen-bond acceptors (Lipinski definition) is 4. The van der Waals surface area contributed by atoms with Crippen LogP contribution in [0.4, 0.5) is 0 Å². The van der Waals surface area contributed by atoms with Gasteiger partial charge in [-0.25, -0.2) is 4.68 Å². The molecule has 1 aromatic carbocycles. The maximum absolute atomic E-state index is 12.5. The summed E-state index contributed by atoms with van der Waals surface area (Å²) >= 11 is 6.07. The maximum atomic E-state index is 12.5. The van der Waals surface area contributed by atoms with Crippen molar-refractivity contribution in [1.82, 2.24) is 14.7 Å². The fourth-order valence-electron chi connectivity index (χ4n) is 2.34. The molecule has 3 aromatic rings. The molecule has 0 saturated carbocycles. The summed E-state index contributed by atoms with van der Waals surface area (Å²) in [4.78, 5) is 13.9. The zero-order valence-corrected chi connectivity index (χ0v) is 13.8. The molecule has 7 heteroatoms. The van der Waals surface area contributed by atoms with Crippen LogP contribution < -0.4 is 0 Å². The summed E-state index contributed by atoms with van der Waals surface area (Å²) < 4.78 is 7.07. The first-order chi connectivity index (χ1) is 11.6. The van der Waals surface area contributed by atoms with E-state index in [0.29, 0.717) is 16.5 Å². The molecule has 0 fully saturated rings. The lowest BCUT2D eigenvalue weighted by atomic mass is 10.2. The summed E-state index contributed by atoms with van der Waals surface area (Å²) in [5.41, 5.74) is 1.62. The second-order valence-electron chi connectivity index (χ2n) is 5.23. The molecule has 0 aliphatic rings. The van der Waals surface area contributed by atoms with Crippen molar-refractivity contribution in [3.05, 3.63) is 59.4 Å². The van der Waals surface area contributed by atoms with E-state index in [9.17, 15) is 4.79 Å². The van der Waals surface area contributed by atoms with Gasteiger partial charge in [-0.15, -0.1) is 0 Å². The highest BCUT2D eigenvalue weighted by Gasteiger charge is 2.20. The summed E-state index contributed by atoms with van der Waals surface area (Å²) in [7, 11) is 1.61. The van der Waals surface area contributed by atoms with Gasteiger partial charge in [-0.1, -0.05) is 17.7 Å². The number of likely N-dealkylation sites (N-methyl/N-ethyl adjacent to an activating group) is 1. The Morgan fingerprint density at radius 1 is 1.33 bits per heavy atom. The highest BCUT2D eigenvalue weighted by Crippen LogP contribution is 2.26. The molecule has 3 rings (SSSR count). The molecular formula is C17H16ClN3O3. The summed E-state index contributed by atoms with van der Waals surface area (Å²) in [6.45, 7) is 0.126. The minimum absolute atomic E-state index is 0.109. The molecule has 1 amide bonds. The fraction of sp³-hybridized carbons (Fsp3) is 0.176. The van der Waals surface area contributed by atoms with Gasteiger partial charge in [-0.3, -0.25) is 4.79 Å². The van der Waals surface area contributed by atoms with E-state index >= 15 is 0 Å². The average molecular weight is 346 g/mol. The van der Waals surface area contributed by atoms with Crippen molar-refractivity contribution in [1.29, 1.82) is 0 Å². The number of carbonyl (C=O) groups excluding carboxylic acids is 1. The van der Waals surface area contributed by atoms with Crippen molar-refractivity contribution in [2.75, 3.05) is 20.2 Å². The Kier molecular flexibility index (Phi) is 4.69. The van der Waals surface area contributed by atoms with Crippen LogP contribution in [-0.2, 0) is 0 Å². The van der Waals surface area contributed by atoms with Gasteiger partial charge in [0.25, 0.3) is 5.91 Å². The average Bonchev–Trinajstić information content (AvgIpc) is 3.23. The van der Waals surface area contributed by atoms with E-state index in [4.69, 9.17) is 21.1 Å². The molecule has 2 heterocycles. The first kappa shape index (κ1) is 16.3. The Balaban J connectivity index is 2.08. The Labute approximate surface area is 143 Å². The van der Waals surface area contributed by atoms with Crippen LogP contribution in [0.3, 0.4) is 0 Å². The van der Waals surface area contributed by atoms with E-state index in [0.717, 1.165) is 5.69 Å². The van der Waals surface area contributed by atoms with E-state index in [2.05, 4.69) is 5.10 Å². The van der Waals surface area contributed by atoms with Gasteiger partial charge < -0.3 is 14.4 Å². The lowest BCUT2D eigenvalue weighted by Gasteiger charge is -2.13. The van der Waals surface area contributed by atoms with Crippen molar-refractivity contribution in [3.63, 3.8) is 0 Å². The predicted molar refractivity (Wildman–Crippen MR) is 90.3 cm³/mol. The van der Waals surface area contributed by atoms with Crippen molar-refractivity contribution in [2.45, 2.75) is 0 Å². The molecular weight excluding hydrogens is 330 g/mol. The Hall–Kier alpha value is -2.57. The third-order valence-corrected chi connectivity index (χ3v) is 3.77. The fourth-order valence-corrected chi connectivity index (χ4v) is 2.52. The first-order valence-corrected chi connectivity index (χ1v) is 7.74. The number of nitrogens with zero attached hydrogens (tertiary/aromatic N) is 3. The molecule has 0 spiro atoms. The number of hydrogen-bond donors (Lipinski definition) is 1. The highest BCUT2D eigenvalue weighted by molar-refractivity contribution is 6.30. The van der Waals surface area contributed by atoms with E-state index in [-0.39, 0.29) is 24.8 Å². The zero-order chi connectivity index (χ0) is 17.1. The Morgan fingerprint density at radius 3 is 2.83 bits per heavy atom. The standard InChI is InChI=1S/C17H16ClN3O3/c1-20(7-8-22)17(23)14-11-15(16-6-3-9-24-16)21(19-14)13-5-2-4-12(18)10-13/h2-6,9-11,22H,7-8H2,1H3. The summed E-state index contributed by atoms with van der Waals surface area (Å²) in [6, 6.07) is 12.4. The van der Waals surface area contributed by atoms with Gasteiger partial charge in [0.2, 0.25) is 0 Å². The van der Waals surface area contributed by atoms with E-state index in [1.807, 2.05) is 12.1 Å². The van der Waals surface area contributed by atoms with Gasteiger partial charge >= 0.3 is 0 Å². The number of aromatic nitrogens is 2. The van der Waals surface area contributed by atoms with E-state index < -0.39 is 0 Å². The molecule has 2 aromatic heterocycles. The number of carbonyl (C=O) groups is 1. The third-order valence-electron chi connectivity index (χ3n) is 3.54. The number of furan rings is 1. The molecule has 0 aliphatic carbocycles. The van der Waals surface area contributed by atoms with Gasteiger partial charge in [0, 0.05) is 24.7 Å². The summed E-state index contributed by atoms with van der Waals surface area (Å²) in [6.07, 6.45) is 1.56. The van der Waals surface area contributed by atoms with E-state index in [1.165, 1.54) is 4.90 Å². The first-order valence-electron chi connectivity index (χ1n) is 7.36. The maximum Gasteiger partial charge on any atom is 0.274 e. The van der Waals surface area contributed by atoms with Crippen LogP contribution in [0.1, 0.15) is 10.5 Å². The van der Waals surface area contributed by atoms with Crippen LogP contribution in [0, 0.1) is 0 Å². The van der Waals surface area contributed by atoms with Gasteiger partial charge in [0.1, 0.15) is 5.69 Å². The van der Waals surface area contributed by atoms with Gasteiger partial charge in [0.05, 0.1) is 18.6 Å². The van der Waals surface area contributed by atoms with Crippen molar-refractivity contribution >= 4 is 17.5 Å². The number of rotatable bonds is 5. The van der Waals surface area contributed by atoms with Crippen LogP contribution in [0.5, 0.6) is 0 Å². The molecule has 0 aliphatic heterocycles. The van der Waals surface area contributed by atoms with Crippen molar-refractivity contribution < 1.29 is 14.3 Å². The molecule has 0 atom stereocenters. The molecule has 0 radical (unpaired) electrons. The normalized spacial score (nSPS) is 10.8. The smallest absolute Gasteiger partial charge is 0.274 e. The van der Waals surface area contributed by atoms with Crippen LogP contribution >= 0.6 is 11.6 Å². The number of amides is 1. The van der Waals surface area contributed by atoms with Crippen molar-refractivity contribution in [3.8, 4) is 17.1 Å². The lowest BCUT2D eigenvalue weighted by molar-refractivity contribution is 0.0760. The number of aliphatic hydroxyl groups is 1. The second kappa shape index (κ2) is 6.90. The van der Waals surface area contributed by atoms with Crippen LogP contribution in [0.15, 0.2) is 53.1 Å². The lowest BCUT2D eigenvalue weighted by Crippen LogP contribution is -2.29. The minimum atomic E-state index is -0.280. The highest BCUT2D eigenvalue weighted by atomic mass is 35.5. The molecule has 0 bridgehead atoms. The molecule has 0 unspecified atom stereocenters. The monoisotopic (exact) mass is 345 g/mol. The van der Waals surface area contributed by atoms with Gasteiger partial charge in [-0.2, -0.15) is 5.10 Å². The zero-order valence-electron chi connectivity index (χ0n) is 13.0. The summed E-state index contributed by atoms with van der Waals surface area (Å²) in [5.74, 6) is 0.309. The second-order valence-corrected chi connectivity index (χ2v) is 5.67. The van der Waals surface area contributed by atoms with Crippen LogP contribution in [-0.4, -0.2) is 45.9 Å². The van der Waals surface area contributed by atoms with Gasteiger partial charge in [0.15, 0.2) is 11.5 Å². The van der Waals surface area contributed by atoms with E-state index in [1.54, 1.807) is 48.3 Å². The predicted octanol–water partition coefficient (Wildman–Crippen LogP) is 2.85. The molecule has 24 heavy (non-hydrogen) atoms. The van der Waals surface area contributed by atoms with Crippen LogP contribution in [0.2, 0.25) is 5.02 Å². The summed E-state index contributed by atoms with van der Waals surface area (Å²) in [5, 5.41) is 14.0. The molecule has 0 saturated heterocycles. The topological polar surface area (TPSA) is 71.5 Å². The quantitative estimate of drug-likeness (QED) is 0.771. The molecule has 6 nitrogen and oxygen atoms in total. The molecule has 1 N–H and O–H groups in total. The number of benzene rings is 1. The number of halogens is 1. The van der Waals surface area contributed by atoms with Crippen molar-refractivity contribution in [2.24, 2.45) is 0 Å². The number of aliphatic hydroxyl groups excluding tert-OH is 1. The largest absolute Gasteiger partial charge is 0.463 e. The molecule has 124 valence electrons.